The van der Waals surface area contributed by atoms with Gasteiger partial charge < -0.3 is 4.74 Å². The molecule has 120 valence electrons. The summed E-state index contributed by atoms with van der Waals surface area (Å²) < 4.78 is 33.5. The van der Waals surface area contributed by atoms with Gasteiger partial charge in [0.25, 0.3) is 0 Å². The van der Waals surface area contributed by atoms with Crippen LogP contribution >= 0.6 is 0 Å². The Morgan fingerprint density at radius 1 is 1.38 bits per heavy atom. The number of hydrogen-bond donors (Lipinski definition) is 1. The highest BCUT2D eigenvalue weighted by Gasteiger charge is 2.32. The van der Waals surface area contributed by atoms with Gasteiger partial charge in [-0.05, 0) is 26.7 Å². The molecule has 0 saturated heterocycles. The maximum Gasteiger partial charge on any atom is 0.324 e. The standard InChI is InChI=1S/C13H23N3O4S/c1-9(2)11(12(17)20-13(3,4)5)15-21(18,19)10-7-14-16(6)8-10/h7-9,11,15H,1-6H3/t11-/m1/s1. The second-order valence-corrected chi connectivity index (χ2v) is 7.94. The molecule has 0 unspecified atom stereocenters. The molecule has 1 aromatic rings. The van der Waals surface area contributed by atoms with Crippen molar-refractivity contribution < 1.29 is 17.9 Å². The van der Waals surface area contributed by atoms with Crippen molar-refractivity contribution in [2.75, 3.05) is 0 Å². The third-order valence-electron chi connectivity index (χ3n) is 2.60. The molecule has 1 heterocycles. The molecule has 8 heteroatoms. The van der Waals surface area contributed by atoms with E-state index in [2.05, 4.69) is 9.82 Å². The number of carbonyl (C=O) groups is 1. The molecule has 1 aromatic heterocycles. The van der Waals surface area contributed by atoms with Gasteiger partial charge in [-0.15, -0.1) is 0 Å². The van der Waals surface area contributed by atoms with Gasteiger partial charge in [0.15, 0.2) is 0 Å². The van der Waals surface area contributed by atoms with Gasteiger partial charge in [-0.3, -0.25) is 9.48 Å². The molecule has 0 spiro atoms. The highest BCUT2D eigenvalue weighted by molar-refractivity contribution is 7.89. The average molecular weight is 317 g/mol. The molecule has 21 heavy (non-hydrogen) atoms. The number of sulfonamides is 1. The van der Waals surface area contributed by atoms with Gasteiger partial charge in [0.05, 0.1) is 6.20 Å². The number of esters is 1. The third-order valence-corrected chi connectivity index (χ3v) is 4.00. The van der Waals surface area contributed by atoms with E-state index in [0.29, 0.717) is 0 Å². The zero-order valence-electron chi connectivity index (χ0n) is 13.2. The number of rotatable bonds is 5. The van der Waals surface area contributed by atoms with Crippen LogP contribution in [0, 0.1) is 5.92 Å². The monoisotopic (exact) mass is 317 g/mol. The van der Waals surface area contributed by atoms with Crippen LogP contribution in [-0.2, 0) is 26.6 Å². The summed E-state index contributed by atoms with van der Waals surface area (Å²) in [4.78, 5) is 12.2. The van der Waals surface area contributed by atoms with E-state index in [4.69, 9.17) is 4.74 Å². The molecule has 0 saturated carbocycles. The first-order valence-electron chi connectivity index (χ1n) is 6.66. The fraction of sp³-hybridized carbons (Fsp3) is 0.692. The number of nitrogens with zero attached hydrogens (tertiary/aromatic N) is 2. The molecule has 0 amide bonds. The Hall–Kier alpha value is -1.41. The molecule has 0 aliphatic rings. The Balaban J connectivity index is 2.96. The van der Waals surface area contributed by atoms with Gasteiger partial charge in [0.2, 0.25) is 10.0 Å². The van der Waals surface area contributed by atoms with Crippen molar-refractivity contribution in [2.45, 2.75) is 51.2 Å². The van der Waals surface area contributed by atoms with Crippen molar-refractivity contribution in [1.29, 1.82) is 0 Å². The van der Waals surface area contributed by atoms with Gasteiger partial charge in [-0.2, -0.15) is 9.82 Å². The molecule has 1 N–H and O–H groups in total. The maximum atomic E-state index is 12.3. The quantitative estimate of drug-likeness (QED) is 0.820. The van der Waals surface area contributed by atoms with Crippen molar-refractivity contribution in [2.24, 2.45) is 13.0 Å². The molecule has 1 rings (SSSR count). The molecule has 0 aliphatic carbocycles. The second-order valence-electron chi connectivity index (χ2n) is 6.23. The van der Waals surface area contributed by atoms with Crippen LogP contribution in [0.2, 0.25) is 0 Å². The van der Waals surface area contributed by atoms with Gasteiger partial charge in [0.1, 0.15) is 16.5 Å². The van der Waals surface area contributed by atoms with E-state index in [1.165, 1.54) is 17.1 Å². The summed E-state index contributed by atoms with van der Waals surface area (Å²) in [5.74, 6) is -0.837. The predicted molar refractivity (Wildman–Crippen MR) is 78.0 cm³/mol. The fourth-order valence-electron chi connectivity index (χ4n) is 1.59. The lowest BCUT2D eigenvalue weighted by molar-refractivity contribution is -0.158. The Labute approximate surface area is 125 Å². The normalized spacial score (nSPS) is 14.2. The van der Waals surface area contributed by atoms with Gasteiger partial charge in [-0.1, -0.05) is 13.8 Å². The molecule has 7 nitrogen and oxygen atoms in total. The number of hydrogen-bond acceptors (Lipinski definition) is 5. The summed E-state index contributed by atoms with van der Waals surface area (Å²) in [6.07, 6.45) is 2.60. The minimum absolute atomic E-state index is 0.0132. The van der Waals surface area contributed by atoms with Crippen LogP contribution in [0.5, 0.6) is 0 Å². The number of nitrogens with one attached hydrogen (secondary N) is 1. The van der Waals surface area contributed by atoms with Gasteiger partial charge in [0, 0.05) is 13.2 Å². The van der Waals surface area contributed by atoms with Crippen LogP contribution in [0.15, 0.2) is 17.3 Å². The Morgan fingerprint density at radius 3 is 2.33 bits per heavy atom. The van der Waals surface area contributed by atoms with Crippen molar-refractivity contribution >= 4 is 16.0 Å². The maximum absolute atomic E-state index is 12.3. The first-order chi connectivity index (χ1) is 9.42. The van der Waals surface area contributed by atoms with Gasteiger partial charge >= 0.3 is 5.97 Å². The zero-order chi connectivity index (χ0) is 16.4. The van der Waals surface area contributed by atoms with Gasteiger partial charge in [-0.25, -0.2) is 8.42 Å². The largest absolute Gasteiger partial charge is 0.459 e. The Morgan fingerprint density at radius 2 is 1.95 bits per heavy atom. The van der Waals surface area contributed by atoms with Crippen LogP contribution in [-0.4, -0.2) is 35.8 Å². The molecule has 0 aromatic carbocycles. The zero-order valence-corrected chi connectivity index (χ0v) is 14.1. The van der Waals surface area contributed by atoms with Crippen LogP contribution in [0.4, 0.5) is 0 Å². The SMILES string of the molecule is CC(C)[C@@H](NS(=O)(=O)c1cnn(C)c1)C(=O)OC(C)(C)C. The number of carbonyl (C=O) groups excluding carboxylic acids is 1. The summed E-state index contributed by atoms with van der Waals surface area (Å²) in [5.41, 5.74) is -0.677. The van der Waals surface area contributed by atoms with Crippen molar-refractivity contribution in [3.63, 3.8) is 0 Å². The van der Waals surface area contributed by atoms with Crippen molar-refractivity contribution in [3.05, 3.63) is 12.4 Å². The molecule has 0 bridgehead atoms. The molecule has 0 fully saturated rings. The van der Waals surface area contributed by atoms with E-state index in [0.717, 1.165) is 0 Å². The van der Waals surface area contributed by atoms with E-state index in [1.54, 1.807) is 41.7 Å². The third kappa shape index (κ3) is 5.13. The van der Waals surface area contributed by atoms with E-state index < -0.39 is 27.6 Å². The van der Waals surface area contributed by atoms with E-state index >= 15 is 0 Å². The molecule has 0 aliphatic heterocycles. The number of aryl methyl sites for hydroxylation is 1. The topological polar surface area (TPSA) is 90.3 Å². The predicted octanol–water partition coefficient (Wildman–Crippen LogP) is 1.06. The second kappa shape index (κ2) is 6.15. The highest BCUT2D eigenvalue weighted by Crippen LogP contribution is 2.15. The van der Waals surface area contributed by atoms with E-state index in [9.17, 15) is 13.2 Å². The smallest absolute Gasteiger partial charge is 0.324 e. The summed E-state index contributed by atoms with van der Waals surface area (Å²) in [6.45, 7) is 8.70. The lowest BCUT2D eigenvalue weighted by Gasteiger charge is -2.26. The Bertz CT molecular complexity index is 599. The molecule has 0 radical (unpaired) electrons. The van der Waals surface area contributed by atoms with Crippen LogP contribution < -0.4 is 4.72 Å². The highest BCUT2D eigenvalue weighted by atomic mass is 32.2. The summed E-state index contributed by atoms with van der Waals surface area (Å²) in [5, 5.41) is 3.82. The van der Waals surface area contributed by atoms with Crippen molar-refractivity contribution in [1.82, 2.24) is 14.5 Å². The first-order valence-corrected chi connectivity index (χ1v) is 8.14. The van der Waals surface area contributed by atoms with E-state index in [1.807, 2.05) is 0 Å². The fourth-order valence-corrected chi connectivity index (χ4v) is 2.91. The van der Waals surface area contributed by atoms with Crippen LogP contribution in [0.1, 0.15) is 34.6 Å². The lowest BCUT2D eigenvalue weighted by Crippen LogP contribution is -2.47. The molecule has 1 atom stereocenters. The Kier molecular flexibility index (Phi) is 5.16. The minimum atomic E-state index is -3.82. The first kappa shape index (κ1) is 17.6. The molecular weight excluding hydrogens is 294 g/mol. The average Bonchev–Trinajstić information content (AvgIpc) is 2.70. The molecular formula is C13H23N3O4S. The lowest BCUT2D eigenvalue weighted by atomic mass is 10.1. The minimum Gasteiger partial charge on any atom is -0.459 e. The van der Waals surface area contributed by atoms with Crippen molar-refractivity contribution in [3.8, 4) is 0 Å². The number of ether oxygens (including phenoxy) is 1. The summed E-state index contributed by atoms with van der Waals surface area (Å²) in [7, 11) is -2.20. The van der Waals surface area contributed by atoms with E-state index in [-0.39, 0.29) is 10.8 Å². The van der Waals surface area contributed by atoms with Crippen LogP contribution in [0.25, 0.3) is 0 Å². The number of aromatic nitrogens is 2. The van der Waals surface area contributed by atoms with Crippen LogP contribution in [0.3, 0.4) is 0 Å². The summed E-state index contributed by atoms with van der Waals surface area (Å²) >= 11 is 0. The summed E-state index contributed by atoms with van der Waals surface area (Å²) in [6, 6.07) is -0.950.